The molecule has 0 fully saturated rings. The van der Waals surface area contributed by atoms with Crippen LogP contribution in [0.25, 0.3) is 0 Å². The van der Waals surface area contributed by atoms with Crippen molar-refractivity contribution in [2.75, 3.05) is 23.7 Å². The van der Waals surface area contributed by atoms with E-state index in [9.17, 15) is 14.9 Å². The average molecular weight is 362 g/mol. The minimum absolute atomic E-state index is 0. The fourth-order valence-corrected chi connectivity index (χ4v) is 2.36. The number of amides is 2. The first kappa shape index (κ1) is 18.2. The van der Waals surface area contributed by atoms with E-state index in [-0.39, 0.29) is 23.8 Å². The van der Waals surface area contributed by atoms with Gasteiger partial charge >= 0.3 is 6.03 Å². The van der Waals surface area contributed by atoms with Crippen molar-refractivity contribution < 1.29 is 9.72 Å². The summed E-state index contributed by atoms with van der Waals surface area (Å²) in [6.45, 7) is 1.52. The first-order valence-electron chi connectivity index (χ1n) is 7.33. The average Bonchev–Trinajstić information content (AvgIpc) is 3.10. The van der Waals surface area contributed by atoms with Gasteiger partial charge in [-0.2, -0.15) is 0 Å². The Balaban J connectivity index is 0.00000225. The molecule has 3 N–H and O–H groups in total. The number of carbonyl (C=O) groups excluding carboxylic acids is 1. The fourth-order valence-electron chi connectivity index (χ4n) is 2.36. The van der Waals surface area contributed by atoms with Gasteiger partial charge in [-0.05, 0) is 18.2 Å². The van der Waals surface area contributed by atoms with Gasteiger partial charge in [-0.1, -0.05) is 24.3 Å². The number of halogens is 1. The number of nitro groups is 1. The van der Waals surface area contributed by atoms with E-state index < -0.39 is 11.0 Å². The number of nitrogens with zero attached hydrogens (tertiary/aromatic N) is 2. The van der Waals surface area contributed by atoms with E-state index in [2.05, 4.69) is 20.9 Å². The van der Waals surface area contributed by atoms with Crippen LogP contribution in [0.4, 0.5) is 21.9 Å². The Hall–Kier alpha value is -3.13. The Morgan fingerprint density at radius 3 is 2.68 bits per heavy atom. The van der Waals surface area contributed by atoms with Crippen LogP contribution in [-0.2, 0) is 0 Å². The van der Waals surface area contributed by atoms with Gasteiger partial charge in [0.05, 0.1) is 11.5 Å². The molecule has 2 aromatic rings. The van der Waals surface area contributed by atoms with Crippen LogP contribution in [0, 0.1) is 10.1 Å². The van der Waals surface area contributed by atoms with E-state index in [1.165, 1.54) is 12.1 Å². The SMILES string of the molecule is Cl.O=C(Nc1cccc(C2=NCCN2)c1)Nc1ccccc1[N+](=O)[O-]. The summed E-state index contributed by atoms with van der Waals surface area (Å²) in [5.74, 6) is 0.790. The predicted molar refractivity (Wildman–Crippen MR) is 98.8 cm³/mol. The molecule has 0 aliphatic carbocycles. The number of urea groups is 1. The molecule has 0 saturated heterocycles. The summed E-state index contributed by atoms with van der Waals surface area (Å²) in [6, 6.07) is 12.6. The zero-order valence-corrected chi connectivity index (χ0v) is 13.9. The molecule has 2 aromatic carbocycles. The first-order chi connectivity index (χ1) is 11.6. The van der Waals surface area contributed by atoms with Crippen molar-refractivity contribution in [1.82, 2.24) is 5.32 Å². The van der Waals surface area contributed by atoms with E-state index in [1.54, 1.807) is 30.3 Å². The third-order valence-corrected chi connectivity index (χ3v) is 3.42. The Morgan fingerprint density at radius 2 is 1.96 bits per heavy atom. The van der Waals surface area contributed by atoms with Crippen LogP contribution in [-0.4, -0.2) is 29.9 Å². The zero-order chi connectivity index (χ0) is 16.9. The summed E-state index contributed by atoms with van der Waals surface area (Å²) < 4.78 is 0. The van der Waals surface area contributed by atoms with E-state index in [0.29, 0.717) is 5.69 Å². The van der Waals surface area contributed by atoms with E-state index in [4.69, 9.17) is 0 Å². The number of benzene rings is 2. The maximum absolute atomic E-state index is 12.1. The van der Waals surface area contributed by atoms with Crippen molar-refractivity contribution in [2.45, 2.75) is 0 Å². The number of hydrogen-bond acceptors (Lipinski definition) is 5. The monoisotopic (exact) mass is 361 g/mol. The van der Waals surface area contributed by atoms with Gasteiger partial charge in [0.2, 0.25) is 0 Å². The lowest BCUT2D eigenvalue weighted by molar-refractivity contribution is -0.383. The van der Waals surface area contributed by atoms with Gasteiger partial charge in [-0.3, -0.25) is 15.1 Å². The van der Waals surface area contributed by atoms with Crippen molar-refractivity contribution in [2.24, 2.45) is 4.99 Å². The number of para-hydroxylation sites is 2. The summed E-state index contributed by atoms with van der Waals surface area (Å²) >= 11 is 0. The minimum Gasteiger partial charge on any atom is -0.368 e. The Kier molecular flexibility index (Phi) is 5.91. The third-order valence-electron chi connectivity index (χ3n) is 3.42. The van der Waals surface area contributed by atoms with Gasteiger partial charge < -0.3 is 16.0 Å². The minimum atomic E-state index is -0.553. The van der Waals surface area contributed by atoms with Crippen molar-refractivity contribution >= 4 is 41.3 Å². The summed E-state index contributed by atoms with van der Waals surface area (Å²) in [5.41, 5.74) is 1.42. The lowest BCUT2D eigenvalue weighted by atomic mass is 10.2. The van der Waals surface area contributed by atoms with Crippen molar-refractivity contribution in [3.8, 4) is 0 Å². The number of carbonyl (C=O) groups is 1. The second kappa shape index (κ2) is 8.11. The Bertz CT molecular complexity index is 825. The normalized spacial score (nSPS) is 12.4. The smallest absolute Gasteiger partial charge is 0.323 e. The van der Waals surface area contributed by atoms with Crippen LogP contribution in [0.1, 0.15) is 5.56 Å². The second-order valence-corrected chi connectivity index (χ2v) is 5.09. The number of nitro benzene ring substituents is 1. The highest BCUT2D eigenvalue weighted by Crippen LogP contribution is 2.23. The highest BCUT2D eigenvalue weighted by molar-refractivity contribution is 6.03. The molecule has 1 heterocycles. The Morgan fingerprint density at radius 1 is 1.16 bits per heavy atom. The molecule has 0 atom stereocenters. The molecule has 0 saturated carbocycles. The van der Waals surface area contributed by atoms with Gasteiger partial charge in [0, 0.05) is 23.9 Å². The van der Waals surface area contributed by atoms with Crippen LogP contribution < -0.4 is 16.0 Å². The van der Waals surface area contributed by atoms with Gasteiger partial charge in [0.25, 0.3) is 5.69 Å². The summed E-state index contributed by atoms with van der Waals surface area (Å²) in [7, 11) is 0. The molecule has 25 heavy (non-hydrogen) atoms. The molecule has 0 spiro atoms. The van der Waals surface area contributed by atoms with Crippen LogP contribution in [0.5, 0.6) is 0 Å². The number of nitrogens with one attached hydrogen (secondary N) is 3. The molecule has 8 nitrogen and oxygen atoms in total. The van der Waals surface area contributed by atoms with Gasteiger partial charge in [0.1, 0.15) is 11.5 Å². The van der Waals surface area contributed by atoms with E-state index in [1.807, 2.05) is 6.07 Å². The zero-order valence-electron chi connectivity index (χ0n) is 13.1. The lowest BCUT2D eigenvalue weighted by Gasteiger charge is -2.09. The van der Waals surface area contributed by atoms with Crippen LogP contribution in [0.3, 0.4) is 0 Å². The summed E-state index contributed by atoms with van der Waals surface area (Å²) in [5, 5.41) is 19.3. The van der Waals surface area contributed by atoms with Crippen LogP contribution in [0.2, 0.25) is 0 Å². The molecular weight excluding hydrogens is 346 g/mol. The number of amidine groups is 1. The summed E-state index contributed by atoms with van der Waals surface area (Å²) in [4.78, 5) is 26.9. The largest absolute Gasteiger partial charge is 0.368 e. The fraction of sp³-hybridized carbons (Fsp3) is 0.125. The molecule has 1 aliphatic rings. The standard InChI is InChI=1S/C16H15N5O3.ClH/c22-16(20-13-6-1-2-7-14(13)21(23)24)19-12-5-3-4-11(10-12)15-17-8-9-18-15;/h1-7,10H,8-9H2,(H,17,18)(H2,19,20,22);1H. The second-order valence-electron chi connectivity index (χ2n) is 5.09. The van der Waals surface area contributed by atoms with Gasteiger partial charge in [-0.25, -0.2) is 4.79 Å². The predicted octanol–water partition coefficient (Wildman–Crippen LogP) is 3.01. The molecule has 0 radical (unpaired) electrons. The van der Waals surface area contributed by atoms with Crippen molar-refractivity contribution in [1.29, 1.82) is 0 Å². The molecule has 0 unspecified atom stereocenters. The topological polar surface area (TPSA) is 109 Å². The van der Waals surface area contributed by atoms with Crippen molar-refractivity contribution in [3.63, 3.8) is 0 Å². The first-order valence-corrected chi connectivity index (χ1v) is 7.33. The molecule has 3 rings (SSSR count). The maximum Gasteiger partial charge on any atom is 0.323 e. The number of rotatable bonds is 4. The molecule has 2 amide bonds. The molecule has 9 heteroatoms. The van der Waals surface area contributed by atoms with Crippen LogP contribution >= 0.6 is 12.4 Å². The number of hydrogen-bond donors (Lipinski definition) is 3. The number of aliphatic imine (C=N–C) groups is 1. The highest BCUT2D eigenvalue weighted by atomic mass is 35.5. The number of anilines is 2. The quantitative estimate of drug-likeness (QED) is 0.574. The molecule has 0 aromatic heterocycles. The van der Waals surface area contributed by atoms with E-state index >= 15 is 0 Å². The van der Waals surface area contributed by atoms with Gasteiger partial charge in [0.15, 0.2) is 0 Å². The van der Waals surface area contributed by atoms with Crippen molar-refractivity contribution in [3.05, 3.63) is 64.2 Å². The summed E-state index contributed by atoms with van der Waals surface area (Å²) in [6.07, 6.45) is 0. The van der Waals surface area contributed by atoms with E-state index in [0.717, 1.165) is 24.5 Å². The molecule has 130 valence electrons. The molecule has 0 bridgehead atoms. The van der Waals surface area contributed by atoms with Crippen LogP contribution in [0.15, 0.2) is 53.5 Å². The lowest BCUT2D eigenvalue weighted by Crippen LogP contribution is -2.21. The van der Waals surface area contributed by atoms with Gasteiger partial charge in [-0.15, -0.1) is 12.4 Å². The highest BCUT2D eigenvalue weighted by Gasteiger charge is 2.15. The third kappa shape index (κ3) is 4.45. The maximum atomic E-state index is 12.1. The molecular formula is C16H16ClN5O3. The molecule has 1 aliphatic heterocycles. The Labute approximate surface area is 149 Å².